The molecule has 1 saturated heterocycles. The third-order valence-electron chi connectivity index (χ3n) is 4.34. The molecule has 0 aromatic carbocycles. The van der Waals surface area contributed by atoms with E-state index in [-0.39, 0.29) is 5.91 Å². The smallest absolute Gasteiger partial charge is 0.222 e. The summed E-state index contributed by atoms with van der Waals surface area (Å²) in [6, 6.07) is 0. The molecule has 118 valence electrons. The highest BCUT2D eigenvalue weighted by atomic mass is 32.1. The molecule has 1 aliphatic rings. The number of hydrogen-bond acceptors (Lipinski definition) is 5. The van der Waals surface area contributed by atoms with Crippen LogP contribution in [0, 0.1) is 13.8 Å². The molecule has 0 N–H and O–H groups in total. The number of thiazole rings is 1. The molecule has 3 heterocycles. The van der Waals surface area contributed by atoms with Crippen molar-refractivity contribution in [2.24, 2.45) is 0 Å². The van der Waals surface area contributed by atoms with Gasteiger partial charge < -0.3 is 9.42 Å². The van der Waals surface area contributed by atoms with Gasteiger partial charge in [0.1, 0.15) is 5.76 Å². The Kier molecular flexibility index (Phi) is 4.57. The second-order valence-electron chi connectivity index (χ2n) is 5.85. The quantitative estimate of drug-likeness (QED) is 0.869. The Bertz CT molecular complexity index is 616. The first-order valence-electron chi connectivity index (χ1n) is 7.74. The van der Waals surface area contributed by atoms with E-state index in [1.54, 1.807) is 11.3 Å². The third-order valence-corrected chi connectivity index (χ3v) is 5.28. The van der Waals surface area contributed by atoms with E-state index in [0.717, 1.165) is 48.0 Å². The fourth-order valence-electron chi connectivity index (χ4n) is 3.09. The summed E-state index contributed by atoms with van der Waals surface area (Å²) < 4.78 is 5.16. The van der Waals surface area contributed by atoms with Crippen molar-refractivity contribution in [3.05, 3.63) is 33.6 Å². The van der Waals surface area contributed by atoms with Crippen LogP contribution in [-0.2, 0) is 11.2 Å². The fraction of sp³-hybridized carbons (Fsp3) is 0.562. The molecule has 2 aromatic heterocycles. The molecule has 1 fully saturated rings. The Labute approximate surface area is 134 Å². The van der Waals surface area contributed by atoms with Crippen LogP contribution in [0.4, 0.5) is 0 Å². The molecule has 0 unspecified atom stereocenters. The van der Waals surface area contributed by atoms with Crippen molar-refractivity contribution in [1.29, 1.82) is 0 Å². The van der Waals surface area contributed by atoms with Gasteiger partial charge in [0.15, 0.2) is 0 Å². The molecule has 0 spiro atoms. The first-order chi connectivity index (χ1) is 10.6. The fourth-order valence-corrected chi connectivity index (χ4v) is 3.86. The molecule has 0 saturated carbocycles. The minimum Gasteiger partial charge on any atom is -0.361 e. The van der Waals surface area contributed by atoms with E-state index in [1.165, 1.54) is 0 Å². The normalized spacial score (nSPS) is 18.6. The van der Waals surface area contributed by atoms with E-state index < -0.39 is 0 Å². The maximum absolute atomic E-state index is 12.5. The number of amides is 1. The summed E-state index contributed by atoms with van der Waals surface area (Å²) in [4.78, 5) is 18.9. The second-order valence-corrected chi connectivity index (χ2v) is 6.78. The third kappa shape index (κ3) is 3.21. The molecule has 5 nitrogen and oxygen atoms in total. The molecule has 0 radical (unpaired) electrons. The summed E-state index contributed by atoms with van der Waals surface area (Å²) in [7, 11) is 0. The monoisotopic (exact) mass is 319 g/mol. The molecule has 0 aliphatic carbocycles. The Morgan fingerprint density at radius 3 is 3.05 bits per heavy atom. The average Bonchev–Trinajstić information content (AvgIpc) is 3.16. The van der Waals surface area contributed by atoms with Crippen LogP contribution in [0.5, 0.6) is 0 Å². The standard InChI is InChI=1S/C16H21N3O2S/c1-11-14(12(2)21-18-11)5-6-15(20)19-8-3-4-13(10-19)16-17-7-9-22-16/h7,9,13H,3-6,8,10H2,1-2H3/t13-/m1/s1. The highest BCUT2D eigenvalue weighted by Gasteiger charge is 2.26. The molecule has 1 atom stereocenters. The molecule has 6 heteroatoms. The topological polar surface area (TPSA) is 59.2 Å². The Hall–Kier alpha value is -1.69. The van der Waals surface area contributed by atoms with Crippen LogP contribution in [0.2, 0.25) is 0 Å². The molecule has 0 bridgehead atoms. The number of aromatic nitrogens is 2. The second kappa shape index (κ2) is 6.60. The van der Waals surface area contributed by atoms with Crippen molar-refractivity contribution in [2.75, 3.05) is 13.1 Å². The van der Waals surface area contributed by atoms with Crippen molar-refractivity contribution in [1.82, 2.24) is 15.0 Å². The van der Waals surface area contributed by atoms with E-state index >= 15 is 0 Å². The van der Waals surface area contributed by atoms with Crippen molar-refractivity contribution in [3.63, 3.8) is 0 Å². The predicted octanol–water partition coefficient (Wildman–Crippen LogP) is 3.09. The van der Waals surface area contributed by atoms with E-state index in [2.05, 4.69) is 10.1 Å². The molecule has 2 aromatic rings. The number of carbonyl (C=O) groups is 1. The van der Waals surface area contributed by atoms with Crippen molar-refractivity contribution >= 4 is 17.2 Å². The summed E-state index contributed by atoms with van der Waals surface area (Å²) in [6.45, 7) is 5.49. The van der Waals surface area contributed by atoms with Crippen LogP contribution in [-0.4, -0.2) is 34.0 Å². The van der Waals surface area contributed by atoms with Crippen molar-refractivity contribution < 1.29 is 9.32 Å². The molecule has 22 heavy (non-hydrogen) atoms. The molecule has 1 aliphatic heterocycles. The van der Waals surface area contributed by atoms with E-state index in [4.69, 9.17) is 4.52 Å². The number of carbonyl (C=O) groups excluding carboxylic acids is 1. The van der Waals surface area contributed by atoms with Gasteiger partial charge in [0, 0.05) is 42.6 Å². The van der Waals surface area contributed by atoms with Gasteiger partial charge in [-0.2, -0.15) is 0 Å². The Morgan fingerprint density at radius 2 is 2.36 bits per heavy atom. The van der Waals surface area contributed by atoms with Gasteiger partial charge in [-0.1, -0.05) is 5.16 Å². The molecular formula is C16H21N3O2S. The lowest BCUT2D eigenvalue weighted by Gasteiger charge is -2.32. The first kappa shape index (κ1) is 15.2. The summed E-state index contributed by atoms with van der Waals surface area (Å²) in [5.41, 5.74) is 1.96. The number of aryl methyl sites for hydroxylation is 2. The maximum atomic E-state index is 12.5. The lowest BCUT2D eigenvalue weighted by Crippen LogP contribution is -2.39. The zero-order valence-corrected chi connectivity index (χ0v) is 13.9. The average molecular weight is 319 g/mol. The zero-order valence-electron chi connectivity index (χ0n) is 13.0. The largest absolute Gasteiger partial charge is 0.361 e. The first-order valence-corrected chi connectivity index (χ1v) is 8.62. The van der Waals surface area contributed by atoms with Gasteiger partial charge in [-0.05, 0) is 33.1 Å². The Balaban J connectivity index is 1.58. The van der Waals surface area contributed by atoms with Gasteiger partial charge in [-0.15, -0.1) is 11.3 Å². The molecule has 1 amide bonds. The van der Waals surface area contributed by atoms with Gasteiger partial charge in [-0.3, -0.25) is 4.79 Å². The highest BCUT2D eigenvalue weighted by molar-refractivity contribution is 7.09. The van der Waals surface area contributed by atoms with Crippen LogP contribution in [0.15, 0.2) is 16.1 Å². The van der Waals surface area contributed by atoms with Crippen molar-refractivity contribution in [2.45, 2.75) is 45.4 Å². The van der Waals surface area contributed by atoms with E-state index in [0.29, 0.717) is 18.8 Å². The van der Waals surface area contributed by atoms with Gasteiger partial charge in [0.05, 0.1) is 10.7 Å². The SMILES string of the molecule is Cc1noc(C)c1CCC(=O)N1CCC[C@@H](c2nccs2)C1. The van der Waals surface area contributed by atoms with Gasteiger partial charge >= 0.3 is 0 Å². The maximum Gasteiger partial charge on any atom is 0.222 e. The summed E-state index contributed by atoms with van der Waals surface area (Å²) in [5, 5.41) is 7.11. The zero-order chi connectivity index (χ0) is 15.5. The van der Waals surface area contributed by atoms with E-state index in [1.807, 2.05) is 30.3 Å². The molecule has 3 rings (SSSR count). The van der Waals surface area contributed by atoms with Gasteiger partial charge in [-0.25, -0.2) is 4.98 Å². The predicted molar refractivity (Wildman–Crippen MR) is 85.0 cm³/mol. The number of likely N-dealkylation sites (tertiary alicyclic amines) is 1. The minimum atomic E-state index is 0.223. The highest BCUT2D eigenvalue weighted by Crippen LogP contribution is 2.28. The van der Waals surface area contributed by atoms with Crippen LogP contribution >= 0.6 is 11.3 Å². The number of nitrogens with zero attached hydrogens (tertiary/aromatic N) is 3. The Morgan fingerprint density at radius 1 is 1.50 bits per heavy atom. The lowest BCUT2D eigenvalue weighted by atomic mass is 9.98. The summed E-state index contributed by atoms with van der Waals surface area (Å²) in [6.07, 6.45) is 5.26. The molecular weight excluding hydrogens is 298 g/mol. The number of hydrogen-bond donors (Lipinski definition) is 0. The van der Waals surface area contributed by atoms with Crippen LogP contribution in [0.1, 0.15) is 47.2 Å². The van der Waals surface area contributed by atoms with Crippen LogP contribution in [0.3, 0.4) is 0 Å². The van der Waals surface area contributed by atoms with Crippen LogP contribution in [0.25, 0.3) is 0 Å². The number of rotatable bonds is 4. The summed E-state index contributed by atoms with van der Waals surface area (Å²) in [5.74, 6) is 1.45. The van der Waals surface area contributed by atoms with E-state index in [9.17, 15) is 4.79 Å². The summed E-state index contributed by atoms with van der Waals surface area (Å²) >= 11 is 1.69. The van der Waals surface area contributed by atoms with Gasteiger partial charge in [0.2, 0.25) is 5.91 Å². The van der Waals surface area contributed by atoms with Crippen LogP contribution < -0.4 is 0 Å². The lowest BCUT2D eigenvalue weighted by molar-refractivity contribution is -0.132. The number of piperidine rings is 1. The van der Waals surface area contributed by atoms with Gasteiger partial charge in [0.25, 0.3) is 0 Å². The minimum absolute atomic E-state index is 0.223. The van der Waals surface area contributed by atoms with Crippen molar-refractivity contribution in [3.8, 4) is 0 Å².